The molecule has 1 rings (SSSR count). The third-order valence-electron chi connectivity index (χ3n) is 3.10. The van der Waals surface area contributed by atoms with Crippen molar-refractivity contribution in [2.45, 2.75) is 31.8 Å². The number of hydrogen-bond acceptors (Lipinski definition) is 3. The summed E-state index contributed by atoms with van der Waals surface area (Å²) in [5.74, 6) is 0. The molecule has 3 heteroatoms. The van der Waals surface area contributed by atoms with Gasteiger partial charge in [-0.1, -0.05) is 18.2 Å². The Morgan fingerprint density at radius 2 is 1.88 bits per heavy atom. The largest absolute Gasteiger partial charge is 0.389 e. The van der Waals surface area contributed by atoms with Crippen LogP contribution in [0.4, 0.5) is 5.69 Å². The van der Waals surface area contributed by atoms with Crippen molar-refractivity contribution >= 4 is 5.69 Å². The molecule has 0 spiro atoms. The van der Waals surface area contributed by atoms with Crippen LogP contribution in [0.2, 0.25) is 0 Å². The Bertz CT molecular complexity index is 311. The van der Waals surface area contributed by atoms with Crippen LogP contribution in [0.3, 0.4) is 0 Å². The molecule has 0 aliphatic carbocycles. The van der Waals surface area contributed by atoms with E-state index in [1.54, 1.807) is 6.92 Å². The summed E-state index contributed by atoms with van der Waals surface area (Å²) in [7, 11) is 2.09. The lowest BCUT2D eigenvalue weighted by molar-refractivity contribution is 0.0575. The molecule has 0 saturated carbocycles. The first-order valence-electron chi connectivity index (χ1n) is 6.24. The maximum Gasteiger partial charge on any atom is 0.0741 e. The van der Waals surface area contributed by atoms with Crippen LogP contribution in [0.1, 0.15) is 26.2 Å². The van der Waals surface area contributed by atoms with Gasteiger partial charge in [0.1, 0.15) is 0 Å². The second-order valence-corrected chi connectivity index (χ2v) is 4.92. The molecule has 17 heavy (non-hydrogen) atoms. The van der Waals surface area contributed by atoms with Gasteiger partial charge in [0, 0.05) is 25.8 Å². The maximum absolute atomic E-state index is 9.77. The fourth-order valence-electron chi connectivity index (χ4n) is 1.77. The number of benzene rings is 1. The van der Waals surface area contributed by atoms with Gasteiger partial charge < -0.3 is 15.7 Å². The maximum atomic E-state index is 9.77. The normalized spacial score (nSPS) is 14.4. The highest BCUT2D eigenvalue weighted by molar-refractivity contribution is 5.44. The quantitative estimate of drug-likeness (QED) is 0.712. The Morgan fingerprint density at radius 3 is 2.47 bits per heavy atom. The fraction of sp³-hybridized carbons (Fsp3) is 0.571. The molecule has 0 aliphatic rings. The van der Waals surface area contributed by atoms with E-state index in [9.17, 15) is 5.11 Å². The van der Waals surface area contributed by atoms with Crippen molar-refractivity contribution in [2.75, 3.05) is 25.0 Å². The van der Waals surface area contributed by atoms with E-state index in [1.807, 2.05) is 18.2 Å². The van der Waals surface area contributed by atoms with Crippen LogP contribution >= 0.6 is 0 Å². The average molecular weight is 236 g/mol. The Morgan fingerprint density at radius 1 is 1.24 bits per heavy atom. The van der Waals surface area contributed by atoms with Crippen LogP contribution in [-0.2, 0) is 0 Å². The van der Waals surface area contributed by atoms with E-state index < -0.39 is 5.60 Å². The second-order valence-electron chi connectivity index (χ2n) is 4.92. The molecule has 0 aromatic heterocycles. The minimum atomic E-state index is -0.703. The average Bonchev–Trinajstić information content (AvgIpc) is 2.35. The summed E-state index contributed by atoms with van der Waals surface area (Å²) < 4.78 is 0. The molecule has 1 aromatic carbocycles. The SMILES string of the molecule is CN(CCCCC(C)(O)CN)c1ccccc1. The van der Waals surface area contributed by atoms with Gasteiger partial charge in [0.05, 0.1) is 5.60 Å². The van der Waals surface area contributed by atoms with Crippen LogP contribution < -0.4 is 10.6 Å². The number of unbranched alkanes of at least 4 members (excludes halogenated alkanes) is 1. The molecular formula is C14H24N2O. The molecule has 1 atom stereocenters. The molecule has 3 N–H and O–H groups in total. The van der Waals surface area contributed by atoms with E-state index in [-0.39, 0.29) is 0 Å². The van der Waals surface area contributed by atoms with Crippen LogP contribution in [0.5, 0.6) is 0 Å². The molecule has 0 heterocycles. The lowest BCUT2D eigenvalue weighted by atomic mass is 9.99. The molecule has 0 amide bonds. The minimum absolute atomic E-state index is 0.335. The van der Waals surface area contributed by atoms with Crippen LogP contribution in [0.15, 0.2) is 30.3 Å². The molecule has 0 fully saturated rings. The zero-order valence-corrected chi connectivity index (χ0v) is 10.9. The highest BCUT2D eigenvalue weighted by Crippen LogP contribution is 2.15. The van der Waals surface area contributed by atoms with E-state index in [0.29, 0.717) is 6.54 Å². The van der Waals surface area contributed by atoms with Crippen molar-refractivity contribution in [3.63, 3.8) is 0 Å². The third-order valence-corrected chi connectivity index (χ3v) is 3.10. The van der Waals surface area contributed by atoms with Crippen molar-refractivity contribution in [1.82, 2.24) is 0 Å². The lowest BCUT2D eigenvalue weighted by Gasteiger charge is -2.22. The van der Waals surface area contributed by atoms with Gasteiger partial charge in [-0.3, -0.25) is 0 Å². The number of anilines is 1. The van der Waals surface area contributed by atoms with Crippen molar-refractivity contribution in [2.24, 2.45) is 5.73 Å². The topological polar surface area (TPSA) is 49.5 Å². The highest BCUT2D eigenvalue weighted by atomic mass is 16.3. The fourth-order valence-corrected chi connectivity index (χ4v) is 1.77. The third kappa shape index (κ3) is 5.20. The zero-order valence-electron chi connectivity index (χ0n) is 10.9. The van der Waals surface area contributed by atoms with Crippen LogP contribution in [-0.4, -0.2) is 30.8 Å². The molecule has 96 valence electrons. The Kier molecular flexibility index (Phi) is 5.45. The molecule has 3 nitrogen and oxygen atoms in total. The van der Waals surface area contributed by atoms with Gasteiger partial charge >= 0.3 is 0 Å². The first kappa shape index (κ1) is 14.0. The number of nitrogens with zero attached hydrogens (tertiary/aromatic N) is 1. The predicted molar refractivity (Wildman–Crippen MR) is 73.2 cm³/mol. The Labute approximate surface area is 104 Å². The molecule has 1 aromatic rings. The van der Waals surface area contributed by atoms with Crippen LogP contribution in [0.25, 0.3) is 0 Å². The monoisotopic (exact) mass is 236 g/mol. The number of nitrogens with two attached hydrogens (primary N) is 1. The zero-order chi connectivity index (χ0) is 12.7. The molecule has 0 bridgehead atoms. The molecular weight excluding hydrogens is 212 g/mol. The smallest absolute Gasteiger partial charge is 0.0741 e. The minimum Gasteiger partial charge on any atom is -0.389 e. The summed E-state index contributed by atoms with van der Waals surface area (Å²) in [4.78, 5) is 2.23. The highest BCUT2D eigenvalue weighted by Gasteiger charge is 2.16. The van der Waals surface area contributed by atoms with Crippen LogP contribution in [0, 0.1) is 0 Å². The summed E-state index contributed by atoms with van der Waals surface area (Å²) in [5.41, 5.74) is 6.01. The number of hydrogen-bond donors (Lipinski definition) is 2. The second kappa shape index (κ2) is 6.62. The number of aliphatic hydroxyl groups is 1. The van der Waals surface area contributed by atoms with Gasteiger partial charge in [0.25, 0.3) is 0 Å². The summed E-state index contributed by atoms with van der Waals surface area (Å²) in [6.07, 6.45) is 2.84. The van der Waals surface area contributed by atoms with E-state index >= 15 is 0 Å². The van der Waals surface area contributed by atoms with E-state index in [0.717, 1.165) is 25.8 Å². The van der Waals surface area contributed by atoms with Gasteiger partial charge in [0.15, 0.2) is 0 Å². The molecule has 1 unspecified atom stereocenters. The molecule has 0 radical (unpaired) electrons. The summed E-state index contributed by atoms with van der Waals surface area (Å²) in [6.45, 7) is 3.14. The van der Waals surface area contributed by atoms with Crippen molar-refractivity contribution < 1.29 is 5.11 Å². The first-order chi connectivity index (χ1) is 8.05. The van der Waals surface area contributed by atoms with Gasteiger partial charge in [-0.25, -0.2) is 0 Å². The van der Waals surface area contributed by atoms with Crippen molar-refractivity contribution in [1.29, 1.82) is 0 Å². The van der Waals surface area contributed by atoms with E-state index in [2.05, 4.69) is 24.1 Å². The standard InChI is InChI=1S/C14H24N2O/c1-14(17,12-15)10-6-7-11-16(2)13-8-4-3-5-9-13/h3-5,8-9,17H,6-7,10-12,15H2,1-2H3. The number of rotatable bonds is 7. The van der Waals surface area contributed by atoms with E-state index in [1.165, 1.54) is 5.69 Å². The first-order valence-corrected chi connectivity index (χ1v) is 6.24. The molecule has 0 saturated heterocycles. The predicted octanol–water partition coefficient (Wildman–Crippen LogP) is 2.00. The Hall–Kier alpha value is -1.06. The summed E-state index contributed by atoms with van der Waals surface area (Å²) in [6, 6.07) is 10.3. The van der Waals surface area contributed by atoms with Gasteiger partial charge in [-0.2, -0.15) is 0 Å². The van der Waals surface area contributed by atoms with Crippen molar-refractivity contribution in [3.8, 4) is 0 Å². The lowest BCUT2D eigenvalue weighted by Crippen LogP contribution is -2.34. The van der Waals surface area contributed by atoms with E-state index in [4.69, 9.17) is 5.73 Å². The van der Waals surface area contributed by atoms with Gasteiger partial charge in [-0.15, -0.1) is 0 Å². The van der Waals surface area contributed by atoms with Crippen molar-refractivity contribution in [3.05, 3.63) is 30.3 Å². The number of para-hydroxylation sites is 1. The van der Waals surface area contributed by atoms with Gasteiger partial charge in [-0.05, 0) is 38.3 Å². The summed E-state index contributed by atoms with van der Waals surface area (Å²) >= 11 is 0. The summed E-state index contributed by atoms with van der Waals surface area (Å²) in [5, 5.41) is 9.77. The van der Waals surface area contributed by atoms with Gasteiger partial charge in [0.2, 0.25) is 0 Å². The Balaban J connectivity index is 2.24. The molecule has 0 aliphatic heterocycles.